The van der Waals surface area contributed by atoms with Gasteiger partial charge in [-0.2, -0.15) is 0 Å². The molecule has 0 bridgehead atoms. The molecule has 1 aliphatic rings. The highest BCUT2D eigenvalue weighted by Crippen LogP contribution is 2.24. The third-order valence-corrected chi connectivity index (χ3v) is 5.13. The summed E-state index contributed by atoms with van der Waals surface area (Å²) in [4.78, 5) is 24.0. The number of nitrogens with zero attached hydrogens (tertiary/aromatic N) is 3. The van der Waals surface area contributed by atoms with Crippen LogP contribution in [0.2, 0.25) is 0 Å². The third kappa shape index (κ3) is 4.66. The van der Waals surface area contributed by atoms with Crippen molar-refractivity contribution in [3.05, 3.63) is 53.2 Å². The van der Waals surface area contributed by atoms with Gasteiger partial charge in [-0.15, -0.1) is 0 Å². The molecule has 28 heavy (non-hydrogen) atoms. The van der Waals surface area contributed by atoms with Gasteiger partial charge >= 0.3 is 0 Å². The van der Waals surface area contributed by atoms with Crippen molar-refractivity contribution < 1.29 is 9.18 Å². The number of anilines is 1. The van der Waals surface area contributed by atoms with E-state index < -0.39 is 5.82 Å². The molecule has 3 rings (SSSR count). The first-order chi connectivity index (χ1) is 13.3. The van der Waals surface area contributed by atoms with E-state index in [1.807, 2.05) is 0 Å². The predicted octanol–water partition coefficient (Wildman–Crippen LogP) is 4.26. The summed E-state index contributed by atoms with van der Waals surface area (Å²) in [5, 5.41) is 2.97. The normalized spacial score (nSPS) is 15.3. The molecule has 6 heteroatoms. The molecule has 2 heterocycles. The third-order valence-electron chi connectivity index (χ3n) is 5.13. The smallest absolute Gasteiger partial charge is 0.254 e. The molecule has 1 N–H and O–H groups in total. The second-order valence-corrected chi connectivity index (χ2v) is 8.03. The molecular formula is C22H29FN4O. The highest BCUT2D eigenvalue weighted by Gasteiger charge is 2.24. The summed E-state index contributed by atoms with van der Waals surface area (Å²) in [5.41, 5.74) is 1.16. The monoisotopic (exact) mass is 384 g/mol. The first kappa shape index (κ1) is 20.2. The maximum atomic E-state index is 13.8. The number of rotatable bonds is 5. The number of hydrogen-bond acceptors (Lipinski definition) is 4. The van der Waals surface area contributed by atoms with Gasteiger partial charge in [0.2, 0.25) is 0 Å². The Kier molecular flexibility index (Phi) is 6.27. The van der Waals surface area contributed by atoms with E-state index in [0.29, 0.717) is 5.92 Å². The van der Waals surface area contributed by atoms with Gasteiger partial charge in [-0.25, -0.2) is 14.4 Å². The number of aromatic nitrogens is 2. The minimum atomic E-state index is -0.485. The molecule has 0 unspecified atom stereocenters. The minimum Gasteiger partial charge on any atom is -0.356 e. The molecule has 0 atom stereocenters. The Labute approximate surface area is 166 Å². The van der Waals surface area contributed by atoms with Gasteiger partial charge in [0, 0.05) is 36.8 Å². The molecule has 150 valence electrons. The average molecular weight is 384 g/mol. The van der Waals surface area contributed by atoms with Crippen molar-refractivity contribution in [2.75, 3.05) is 18.0 Å². The van der Waals surface area contributed by atoms with Crippen LogP contribution in [0.25, 0.3) is 0 Å². The molecule has 0 saturated carbocycles. The summed E-state index contributed by atoms with van der Waals surface area (Å²) in [7, 11) is 0. The number of halogens is 1. The second kappa shape index (κ2) is 8.67. The van der Waals surface area contributed by atoms with E-state index >= 15 is 0 Å². The van der Waals surface area contributed by atoms with Crippen LogP contribution in [0, 0.1) is 5.82 Å². The molecule has 1 aromatic carbocycles. The lowest BCUT2D eigenvalue weighted by Gasteiger charge is -2.33. The lowest BCUT2D eigenvalue weighted by atomic mass is 10.0. The molecule has 1 aliphatic heterocycles. The molecule has 1 aromatic heterocycles. The maximum Gasteiger partial charge on any atom is 0.254 e. The van der Waals surface area contributed by atoms with Crippen LogP contribution in [-0.4, -0.2) is 35.0 Å². The van der Waals surface area contributed by atoms with Gasteiger partial charge < -0.3 is 10.2 Å². The van der Waals surface area contributed by atoms with Gasteiger partial charge in [0.1, 0.15) is 17.5 Å². The van der Waals surface area contributed by atoms with Crippen molar-refractivity contribution in [1.82, 2.24) is 15.3 Å². The van der Waals surface area contributed by atoms with Crippen LogP contribution in [0.4, 0.5) is 10.2 Å². The van der Waals surface area contributed by atoms with E-state index in [9.17, 15) is 9.18 Å². The molecule has 5 nitrogen and oxygen atoms in total. The Morgan fingerprint density at radius 3 is 2.39 bits per heavy atom. The summed E-state index contributed by atoms with van der Waals surface area (Å²) in [6, 6.07) is 8.21. The highest BCUT2D eigenvalue weighted by atomic mass is 19.1. The van der Waals surface area contributed by atoms with Crippen LogP contribution < -0.4 is 10.2 Å². The Morgan fingerprint density at radius 1 is 1.11 bits per heavy atom. The van der Waals surface area contributed by atoms with Crippen LogP contribution in [0.5, 0.6) is 0 Å². The van der Waals surface area contributed by atoms with Crippen molar-refractivity contribution in [2.45, 2.75) is 58.4 Å². The van der Waals surface area contributed by atoms with Crippen LogP contribution in [-0.2, 0) is 0 Å². The standard InChI is InChI=1S/C22H29FN4O/c1-14(2)19-13-20(26-21(25-19)15(3)4)27-11-9-16(10-12-27)24-22(28)17-7-5-6-8-18(17)23/h5-8,13-16H,9-12H2,1-4H3,(H,24,28). The zero-order chi connectivity index (χ0) is 20.3. The Balaban J connectivity index is 1.65. The fourth-order valence-corrected chi connectivity index (χ4v) is 3.35. The molecule has 1 amide bonds. The zero-order valence-electron chi connectivity index (χ0n) is 17.1. The SMILES string of the molecule is CC(C)c1cc(N2CCC(NC(=O)c3ccccc3F)CC2)nc(C(C)C)n1. The van der Waals surface area contributed by atoms with Gasteiger partial charge in [-0.1, -0.05) is 39.8 Å². The number of hydrogen-bond donors (Lipinski definition) is 1. The largest absolute Gasteiger partial charge is 0.356 e. The van der Waals surface area contributed by atoms with Crippen molar-refractivity contribution >= 4 is 11.7 Å². The minimum absolute atomic E-state index is 0.0410. The van der Waals surface area contributed by atoms with E-state index in [0.717, 1.165) is 43.3 Å². The van der Waals surface area contributed by atoms with Gasteiger partial charge in [0.05, 0.1) is 5.56 Å². The summed E-state index contributed by atoms with van der Waals surface area (Å²) in [6.45, 7) is 10.1. The number of carbonyl (C=O) groups is 1. The van der Waals surface area contributed by atoms with Crippen molar-refractivity contribution in [3.8, 4) is 0 Å². The van der Waals surface area contributed by atoms with E-state index in [4.69, 9.17) is 9.97 Å². The first-order valence-corrected chi connectivity index (χ1v) is 10.0. The molecular weight excluding hydrogens is 355 g/mol. The topological polar surface area (TPSA) is 58.1 Å². The van der Waals surface area contributed by atoms with Crippen molar-refractivity contribution in [1.29, 1.82) is 0 Å². The number of carbonyl (C=O) groups excluding carboxylic acids is 1. The number of amides is 1. The van der Waals surface area contributed by atoms with Gasteiger partial charge in [0.25, 0.3) is 5.91 Å². The molecule has 0 aliphatic carbocycles. The quantitative estimate of drug-likeness (QED) is 0.837. The Morgan fingerprint density at radius 2 is 1.79 bits per heavy atom. The average Bonchev–Trinajstić information content (AvgIpc) is 2.68. The molecule has 1 saturated heterocycles. The highest BCUT2D eigenvalue weighted by molar-refractivity contribution is 5.94. The predicted molar refractivity (Wildman–Crippen MR) is 109 cm³/mol. The van der Waals surface area contributed by atoms with Gasteiger partial charge in [-0.05, 0) is 30.9 Å². The zero-order valence-corrected chi connectivity index (χ0v) is 17.1. The molecule has 1 fully saturated rings. The summed E-state index contributed by atoms with van der Waals surface area (Å²) in [6.07, 6.45) is 1.61. The van der Waals surface area contributed by atoms with Crippen LogP contribution >= 0.6 is 0 Å². The molecule has 0 spiro atoms. The lowest BCUT2D eigenvalue weighted by molar-refractivity contribution is 0.0927. The molecule has 0 radical (unpaired) electrons. The van der Waals surface area contributed by atoms with Crippen molar-refractivity contribution in [2.24, 2.45) is 0 Å². The number of benzene rings is 1. The lowest BCUT2D eigenvalue weighted by Crippen LogP contribution is -2.45. The van der Waals surface area contributed by atoms with Gasteiger partial charge in [-0.3, -0.25) is 4.79 Å². The van der Waals surface area contributed by atoms with Crippen LogP contribution in [0.15, 0.2) is 30.3 Å². The summed E-state index contributed by atoms with van der Waals surface area (Å²) in [5.74, 6) is 1.62. The Hall–Kier alpha value is -2.50. The van der Waals surface area contributed by atoms with E-state index in [-0.39, 0.29) is 23.4 Å². The first-order valence-electron chi connectivity index (χ1n) is 10.0. The number of piperidine rings is 1. The van der Waals surface area contributed by atoms with E-state index in [1.54, 1.807) is 12.1 Å². The fraction of sp³-hybridized carbons (Fsp3) is 0.500. The molecule has 2 aromatic rings. The second-order valence-electron chi connectivity index (χ2n) is 8.03. The fourth-order valence-electron chi connectivity index (χ4n) is 3.35. The van der Waals surface area contributed by atoms with E-state index in [1.165, 1.54) is 12.1 Å². The van der Waals surface area contributed by atoms with Crippen LogP contribution in [0.3, 0.4) is 0 Å². The summed E-state index contributed by atoms with van der Waals surface area (Å²) >= 11 is 0. The van der Waals surface area contributed by atoms with Crippen molar-refractivity contribution in [3.63, 3.8) is 0 Å². The summed E-state index contributed by atoms with van der Waals surface area (Å²) < 4.78 is 13.8. The maximum absolute atomic E-state index is 13.8. The number of nitrogens with one attached hydrogen (secondary N) is 1. The van der Waals surface area contributed by atoms with E-state index in [2.05, 4.69) is 44.0 Å². The Bertz CT molecular complexity index is 803. The van der Waals surface area contributed by atoms with Gasteiger partial charge in [0.15, 0.2) is 0 Å². The van der Waals surface area contributed by atoms with Crippen LogP contribution in [0.1, 0.15) is 74.2 Å².